The molecule has 0 saturated heterocycles. The SMILES string of the molecule is COc1ccc(CCNC(=O)CC(CN)OC)c(OC)c1OC.Cl. The Hall–Kier alpha value is -1.70. The molecular formula is C16H27ClN2O5. The van der Waals surface area contributed by atoms with Crippen LogP contribution in [0.4, 0.5) is 0 Å². The normalized spacial score (nSPS) is 11.2. The molecule has 24 heavy (non-hydrogen) atoms. The second kappa shape index (κ2) is 11.8. The predicted molar refractivity (Wildman–Crippen MR) is 94.5 cm³/mol. The lowest BCUT2D eigenvalue weighted by molar-refractivity contribution is -0.123. The number of carbonyl (C=O) groups is 1. The predicted octanol–water partition coefficient (Wildman–Crippen LogP) is 1.16. The van der Waals surface area contributed by atoms with Crippen LogP contribution in [0, 0.1) is 0 Å². The lowest BCUT2D eigenvalue weighted by Gasteiger charge is -2.16. The maximum atomic E-state index is 11.8. The van der Waals surface area contributed by atoms with E-state index in [0.717, 1.165) is 5.56 Å². The summed E-state index contributed by atoms with van der Waals surface area (Å²) in [5, 5.41) is 2.85. The lowest BCUT2D eigenvalue weighted by atomic mass is 10.1. The van der Waals surface area contributed by atoms with Crippen LogP contribution in [0.2, 0.25) is 0 Å². The molecule has 8 heteroatoms. The van der Waals surface area contributed by atoms with E-state index in [1.54, 1.807) is 28.4 Å². The summed E-state index contributed by atoms with van der Waals surface area (Å²) in [6, 6.07) is 3.71. The summed E-state index contributed by atoms with van der Waals surface area (Å²) in [5.74, 6) is 1.66. The molecule has 0 aliphatic carbocycles. The number of carbonyl (C=O) groups excluding carboxylic acids is 1. The minimum atomic E-state index is -0.259. The Morgan fingerprint density at radius 2 is 1.79 bits per heavy atom. The highest BCUT2D eigenvalue weighted by atomic mass is 35.5. The van der Waals surface area contributed by atoms with Crippen molar-refractivity contribution in [2.75, 3.05) is 41.5 Å². The summed E-state index contributed by atoms with van der Waals surface area (Å²) in [6.45, 7) is 0.791. The molecule has 1 aromatic rings. The Morgan fingerprint density at radius 3 is 2.29 bits per heavy atom. The summed E-state index contributed by atoms with van der Waals surface area (Å²) >= 11 is 0. The number of halogens is 1. The van der Waals surface area contributed by atoms with Gasteiger partial charge in [0.15, 0.2) is 11.5 Å². The van der Waals surface area contributed by atoms with E-state index in [4.69, 9.17) is 24.7 Å². The zero-order valence-electron chi connectivity index (χ0n) is 14.6. The minimum Gasteiger partial charge on any atom is -0.493 e. The third-order valence-electron chi connectivity index (χ3n) is 3.51. The molecule has 0 aliphatic heterocycles. The number of nitrogens with two attached hydrogens (primary N) is 1. The Kier molecular flexibility index (Phi) is 10.9. The van der Waals surface area contributed by atoms with Gasteiger partial charge in [0, 0.05) is 25.8 Å². The van der Waals surface area contributed by atoms with Crippen molar-refractivity contribution in [1.82, 2.24) is 5.32 Å². The van der Waals surface area contributed by atoms with Crippen molar-refractivity contribution in [2.24, 2.45) is 5.73 Å². The zero-order chi connectivity index (χ0) is 17.2. The first-order chi connectivity index (χ1) is 11.1. The summed E-state index contributed by atoms with van der Waals surface area (Å²) in [4.78, 5) is 11.8. The summed E-state index contributed by atoms with van der Waals surface area (Å²) in [7, 11) is 6.24. The molecule has 1 atom stereocenters. The highest BCUT2D eigenvalue weighted by Crippen LogP contribution is 2.39. The van der Waals surface area contributed by atoms with Gasteiger partial charge >= 0.3 is 0 Å². The van der Waals surface area contributed by atoms with Crippen LogP contribution in [0.25, 0.3) is 0 Å². The van der Waals surface area contributed by atoms with Crippen LogP contribution in [0.15, 0.2) is 12.1 Å². The fourth-order valence-corrected chi connectivity index (χ4v) is 2.24. The molecule has 3 N–H and O–H groups in total. The molecule has 138 valence electrons. The molecule has 1 amide bonds. The first-order valence-corrected chi connectivity index (χ1v) is 7.38. The van der Waals surface area contributed by atoms with E-state index in [0.29, 0.717) is 36.8 Å². The average molecular weight is 363 g/mol. The van der Waals surface area contributed by atoms with E-state index in [1.165, 1.54) is 0 Å². The van der Waals surface area contributed by atoms with Gasteiger partial charge < -0.3 is 30.0 Å². The number of methoxy groups -OCH3 is 4. The zero-order valence-corrected chi connectivity index (χ0v) is 15.4. The molecule has 0 aromatic heterocycles. The summed E-state index contributed by atoms with van der Waals surface area (Å²) in [6.07, 6.45) is 0.594. The van der Waals surface area contributed by atoms with E-state index in [2.05, 4.69) is 5.32 Å². The lowest BCUT2D eigenvalue weighted by Crippen LogP contribution is -2.33. The van der Waals surface area contributed by atoms with Gasteiger partial charge in [0.05, 0.1) is 33.9 Å². The van der Waals surface area contributed by atoms with Crippen LogP contribution < -0.4 is 25.3 Å². The summed E-state index contributed by atoms with van der Waals surface area (Å²) < 4.78 is 21.1. The monoisotopic (exact) mass is 362 g/mol. The molecular weight excluding hydrogens is 336 g/mol. The molecule has 7 nitrogen and oxygen atoms in total. The van der Waals surface area contributed by atoms with Gasteiger partial charge in [-0.25, -0.2) is 0 Å². The molecule has 0 spiro atoms. The third kappa shape index (κ3) is 6.07. The Morgan fingerprint density at radius 1 is 1.12 bits per heavy atom. The fraction of sp³-hybridized carbons (Fsp3) is 0.562. The first-order valence-electron chi connectivity index (χ1n) is 7.38. The number of hydrogen-bond donors (Lipinski definition) is 2. The van der Waals surface area contributed by atoms with Crippen LogP contribution in [0.3, 0.4) is 0 Å². The highest BCUT2D eigenvalue weighted by Gasteiger charge is 2.16. The van der Waals surface area contributed by atoms with E-state index in [-0.39, 0.29) is 30.8 Å². The Balaban J connectivity index is 0.00000529. The van der Waals surface area contributed by atoms with E-state index >= 15 is 0 Å². The van der Waals surface area contributed by atoms with E-state index in [1.807, 2.05) is 12.1 Å². The second-order valence-electron chi connectivity index (χ2n) is 4.89. The van der Waals surface area contributed by atoms with Gasteiger partial charge in [0.1, 0.15) is 0 Å². The van der Waals surface area contributed by atoms with Gasteiger partial charge in [0.25, 0.3) is 0 Å². The molecule has 0 radical (unpaired) electrons. The third-order valence-corrected chi connectivity index (χ3v) is 3.51. The second-order valence-corrected chi connectivity index (χ2v) is 4.89. The molecule has 1 rings (SSSR count). The van der Waals surface area contributed by atoms with Gasteiger partial charge in [-0.15, -0.1) is 12.4 Å². The van der Waals surface area contributed by atoms with Gasteiger partial charge in [-0.3, -0.25) is 4.79 Å². The number of hydrogen-bond acceptors (Lipinski definition) is 6. The van der Waals surface area contributed by atoms with Crippen molar-refractivity contribution in [3.63, 3.8) is 0 Å². The summed E-state index contributed by atoms with van der Waals surface area (Å²) in [5.41, 5.74) is 6.42. The van der Waals surface area contributed by atoms with Gasteiger partial charge in [0.2, 0.25) is 11.7 Å². The van der Waals surface area contributed by atoms with Gasteiger partial charge in [-0.2, -0.15) is 0 Å². The Bertz CT molecular complexity index is 509. The topological polar surface area (TPSA) is 92.0 Å². The van der Waals surface area contributed by atoms with Crippen LogP contribution in [0.1, 0.15) is 12.0 Å². The molecule has 1 unspecified atom stereocenters. The first kappa shape index (κ1) is 22.3. The molecule has 0 aliphatic rings. The van der Waals surface area contributed by atoms with Crippen molar-refractivity contribution < 1.29 is 23.7 Å². The van der Waals surface area contributed by atoms with Gasteiger partial charge in [-0.05, 0) is 12.5 Å². The van der Waals surface area contributed by atoms with Crippen LogP contribution >= 0.6 is 12.4 Å². The van der Waals surface area contributed by atoms with Crippen LogP contribution in [-0.4, -0.2) is 53.5 Å². The number of amides is 1. The average Bonchev–Trinajstić information content (AvgIpc) is 2.58. The fourth-order valence-electron chi connectivity index (χ4n) is 2.24. The van der Waals surface area contributed by atoms with Crippen molar-refractivity contribution in [3.8, 4) is 17.2 Å². The maximum absolute atomic E-state index is 11.8. The van der Waals surface area contributed by atoms with Crippen LogP contribution in [-0.2, 0) is 16.0 Å². The largest absolute Gasteiger partial charge is 0.493 e. The van der Waals surface area contributed by atoms with E-state index in [9.17, 15) is 4.79 Å². The molecule has 0 saturated carbocycles. The number of ether oxygens (including phenoxy) is 4. The highest BCUT2D eigenvalue weighted by molar-refractivity contribution is 5.85. The quantitative estimate of drug-likeness (QED) is 0.649. The standard InChI is InChI=1S/C16H26N2O5.ClH/c1-20-12(10-17)9-14(19)18-8-7-11-5-6-13(21-2)16(23-4)15(11)22-3;/h5-6,12H,7-10,17H2,1-4H3,(H,18,19);1H. The minimum absolute atomic E-state index is 0. The maximum Gasteiger partial charge on any atom is 0.222 e. The molecule has 0 bridgehead atoms. The number of nitrogens with one attached hydrogen (secondary N) is 1. The molecule has 0 fully saturated rings. The van der Waals surface area contributed by atoms with Crippen molar-refractivity contribution in [2.45, 2.75) is 18.9 Å². The van der Waals surface area contributed by atoms with Crippen LogP contribution in [0.5, 0.6) is 17.2 Å². The Labute approximate surface area is 149 Å². The van der Waals surface area contributed by atoms with Crippen molar-refractivity contribution >= 4 is 18.3 Å². The van der Waals surface area contributed by atoms with Gasteiger partial charge in [-0.1, -0.05) is 6.07 Å². The molecule has 1 aromatic carbocycles. The van der Waals surface area contributed by atoms with Crippen molar-refractivity contribution in [1.29, 1.82) is 0 Å². The molecule has 0 heterocycles. The smallest absolute Gasteiger partial charge is 0.222 e. The van der Waals surface area contributed by atoms with Crippen molar-refractivity contribution in [3.05, 3.63) is 17.7 Å². The number of rotatable bonds is 10. The van der Waals surface area contributed by atoms with E-state index < -0.39 is 0 Å². The number of benzene rings is 1.